The van der Waals surface area contributed by atoms with E-state index in [0.717, 1.165) is 22.9 Å². The highest BCUT2D eigenvalue weighted by molar-refractivity contribution is 8.18. The Balaban J connectivity index is 1.59. The van der Waals surface area contributed by atoms with Crippen LogP contribution in [0.4, 0.5) is 0 Å². The molecule has 0 aliphatic carbocycles. The number of aliphatic imine (C=N–C) groups is 1. The number of hydrogen-bond acceptors (Lipinski definition) is 6. The summed E-state index contributed by atoms with van der Waals surface area (Å²) in [6, 6.07) is 14.8. The Kier molecular flexibility index (Phi) is 6.33. The molecule has 3 rings (SSSR count). The van der Waals surface area contributed by atoms with Gasteiger partial charge >= 0.3 is 0 Å². The number of ether oxygens (including phenoxy) is 2. The highest BCUT2D eigenvalue weighted by Crippen LogP contribution is 2.31. The van der Waals surface area contributed by atoms with Gasteiger partial charge in [0.2, 0.25) is 0 Å². The van der Waals surface area contributed by atoms with Gasteiger partial charge in [0.15, 0.2) is 23.3 Å². The molecule has 0 fully saturated rings. The van der Waals surface area contributed by atoms with Gasteiger partial charge in [0, 0.05) is 6.54 Å². The van der Waals surface area contributed by atoms with Crippen molar-refractivity contribution in [3.05, 3.63) is 64.6 Å². The zero-order valence-corrected chi connectivity index (χ0v) is 16.0. The number of amides is 2. The minimum Gasteiger partial charge on any atom is -0.493 e. The maximum atomic E-state index is 12.0. The number of nitrogens with zero attached hydrogens (tertiary/aromatic N) is 1. The van der Waals surface area contributed by atoms with E-state index in [9.17, 15) is 9.59 Å². The highest BCUT2D eigenvalue weighted by atomic mass is 32.2. The molecule has 1 aliphatic rings. The third kappa shape index (κ3) is 5.14. The second-order valence-corrected chi connectivity index (χ2v) is 6.89. The van der Waals surface area contributed by atoms with Crippen LogP contribution in [0.1, 0.15) is 11.1 Å². The van der Waals surface area contributed by atoms with Crippen LogP contribution >= 0.6 is 11.8 Å². The summed E-state index contributed by atoms with van der Waals surface area (Å²) in [7, 11) is 1.51. The topological polar surface area (TPSA) is 103 Å². The molecule has 2 amide bonds. The number of thioether (sulfide) groups is 1. The van der Waals surface area contributed by atoms with Crippen molar-refractivity contribution >= 4 is 34.8 Å². The maximum Gasteiger partial charge on any atom is 0.286 e. The first-order chi connectivity index (χ1) is 13.5. The molecule has 2 aromatic rings. The van der Waals surface area contributed by atoms with Crippen LogP contribution in [0.15, 0.2) is 58.4 Å². The molecule has 144 valence electrons. The van der Waals surface area contributed by atoms with E-state index < -0.39 is 0 Å². The molecular formula is C20H19N3O4S. The Morgan fingerprint density at radius 1 is 1.21 bits per heavy atom. The first-order valence-electron chi connectivity index (χ1n) is 8.44. The van der Waals surface area contributed by atoms with E-state index in [2.05, 4.69) is 10.3 Å². The van der Waals surface area contributed by atoms with Crippen LogP contribution in [-0.2, 0) is 16.1 Å². The Hall–Kier alpha value is -3.26. The van der Waals surface area contributed by atoms with E-state index in [1.807, 2.05) is 30.3 Å². The van der Waals surface area contributed by atoms with Gasteiger partial charge in [0.25, 0.3) is 11.8 Å². The lowest BCUT2D eigenvalue weighted by atomic mass is 10.2. The van der Waals surface area contributed by atoms with E-state index in [1.54, 1.807) is 24.3 Å². The minimum atomic E-state index is -0.364. The number of amidine groups is 1. The van der Waals surface area contributed by atoms with Crippen molar-refractivity contribution < 1.29 is 19.1 Å². The van der Waals surface area contributed by atoms with Gasteiger partial charge in [-0.05, 0) is 41.1 Å². The Morgan fingerprint density at radius 3 is 2.68 bits per heavy atom. The van der Waals surface area contributed by atoms with Crippen molar-refractivity contribution in [3.63, 3.8) is 0 Å². The number of carbonyl (C=O) groups is 2. The number of hydrogen-bond donors (Lipinski definition) is 2. The average molecular weight is 397 g/mol. The fraction of sp³-hybridized carbons (Fsp3) is 0.150. The number of rotatable bonds is 7. The van der Waals surface area contributed by atoms with Gasteiger partial charge in [-0.1, -0.05) is 36.4 Å². The van der Waals surface area contributed by atoms with Crippen molar-refractivity contribution in [1.82, 2.24) is 5.32 Å². The number of benzene rings is 2. The van der Waals surface area contributed by atoms with Crippen molar-refractivity contribution in [3.8, 4) is 11.5 Å². The molecule has 3 N–H and O–H groups in total. The van der Waals surface area contributed by atoms with Gasteiger partial charge in [-0.3, -0.25) is 9.59 Å². The van der Waals surface area contributed by atoms with Crippen LogP contribution < -0.4 is 20.5 Å². The molecular weight excluding hydrogens is 378 g/mol. The molecule has 7 nitrogen and oxygen atoms in total. The summed E-state index contributed by atoms with van der Waals surface area (Å²) in [6.07, 6.45) is 1.68. The summed E-state index contributed by atoms with van der Waals surface area (Å²) in [5.41, 5.74) is 7.29. The molecule has 0 spiro atoms. The molecule has 1 aliphatic heterocycles. The fourth-order valence-electron chi connectivity index (χ4n) is 2.46. The third-order valence-electron chi connectivity index (χ3n) is 3.81. The minimum absolute atomic E-state index is 0.137. The van der Waals surface area contributed by atoms with E-state index in [0.29, 0.717) is 22.9 Å². The third-order valence-corrected chi connectivity index (χ3v) is 4.63. The summed E-state index contributed by atoms with van der Waals surface area (Å²) in [5, 5.41) is 3.02. The highest BCUT2D eigenvalue weighted by Gasteiger charge is 2.19. The summed E-state index contributed by atoms with van der Waals surface area (Å²) in [6.45, 7) is 0.298. The zero-order valence-electron chi connectivity index (χ0n) is 15.2. The molecule has 0 unspecified atom stereocenters. The molecule has 2 aromatic carbocycles. The number of nitrogens with one attached hydrogen (secondary N) is 1. The second kappa shape index (κ2) is 9.09. The van der Waals surface area contributed by atoms with Crippen molar-refractivity contribution in [2.24, 2.45) is 10.7 Å². The molecule has 0 radical (unpaired) electrons. The van der Waals surface area contributed by atoms with Gasteiger partial charge in [0.05, 0.1) is 12.0 Å². The van der Waals surface area contributed by atoms with Gasteiger partial charge in [-0.15, -0.1) is 0 Å². The van der Waals surface area contributed by atoms with Crippen molar-refractivity contribution in [2.45, 2.75) is 6.54 Å². The largest absolute Gasteiger partial charge is 0.493 e. The Bertz CT molecular complexity index is 942. The number of methoxy groups -OCH3 is 1. The van der Waals surface area contributed by atoms with Crippen LogP contribution in [-0.4, -0.2) is 30.7 Å². The summed E-state index contributed by atoms with van der Waals surface area (Å²) in [4.78, 5) is 27.8. The fourth-order valence-corrected chi connectivity index (χ4v) is 3.14. The van der Waals surface area contributed by atoms with Crippen LogP contribution in [0.25, 0.3) is 6.08 Å². The van der Waals surface area contributed by atoms with Crippen LogP contribution in [0.5, 0.6) is 11.5 Å². The maximum absolute atomic E-state index is 12.0. The molecule has 0 saturated carbocycles. The first-order valence-corrected chi connectivity index (χ1v) is 9.26. The molecule has 8 heteroatoms. The standard InChI is InChI=1S/C20H19N3O4S/c1-26-16-9-14(10-17-19(25)23-20(21)28-17)7-8-15(16)27-12-18(24)22-11-13-5-3-2-4-6-13/h2-10H,11-12H2,1H3,(H,22,24)(H2,21,23,25). The van der Waals surface area contributed by atoms with Crippen molar-refractivity contribution in [1.29, 1.82) is 0 Å². The molecule has 0 bridgehead atoms. The van der Waals surface area contributed by atoms with Gasteiger partial charge in [-0.25, -0.2) is 0 Å². The van der Waals surface area contributed by atoms with Gasteiger partial charge in [0.1, 0.15) is 0 Å². The Morgan fingerprint density at radius 2 is 2.00 bits per heavy atom. The lowest BCUT2D eigenvalue weighted by Crippen LogP contribution is -2.28. The number of nitrogens with two attached hydrogens (primary N) is 1. The summed E-state index contributed by atoms with van der Waals surface area (Å²) >= 11 is 1.12. The quantitative estimate of drug-likeness (QED) is 0.695. The predicted molar refractivity (Wildman–Crippen MR) is 109 cm³/mol. The lowest BCUT2D eigenvalue weighted by Gasteiger charge is -2.12. The molecule has 0 atom stereocenters. The van der Waals surface area contributed by atoms with Crippen LogP contribution in [0.3, 0.4) is 0 Å². The van der Waals surface area contributed by atoms with E-state index in [-0.39, 0.29) is 23.6 Å². The smallest absolute Gasteiger partial charge is 0.286 e. The normalized spacial score (nSPS) is 14.7. The van der Waals surface area contributed by atoms with Gasteiger partial charge < -0.3 is 20.5 Å². The van der Waals surface area contributed by atoms with E-state index >= 15 is 0 Å². The Labute approximate surface area is 166 Å². The first kappa shape index (κ1) is 19.5. The SMILES string of the molecule is COc1cc(C=C2SC(N)=NC2=O)ccc1OCC(=O)NCc1ccccc1. The van der Waals surface area contributed by atoms with Crippen LogP contribution in [0.2, 0.25) is 0 Å². The van der Waals surface area contributed by atoms with Crippen molar-refractivity contribution in [2.75, 3.05) is 13.7 Å². The second-order valence-electron chi connectivity index (χ2n) is 5.83. The summed E-state index contributed by atoms with van der Waals surface area (Å²) < 4.78 is 10.9. The molecule has 0 aromatic heterocycles. The van der Waals surface area contributed by atoms with Crippen LogP contribution in [0, 0.1) is 0 Å². The van der Waals surface area contributed by atoms with E-state index in [4.69, 9.17) is 15.2 Å². The zero-order chi connectivity index (χ0) is 19.9. The summed E-state index contributed by atoms with van der Waals surface area (Å²) in [5.74, 6) is 0.282. The predicted octanol–water partition coefficient (Wildman–Crippen LogP) is 2.32. The lowest BCUT2D eigenvalue weighted by molar-refractivity contribution is -0.123. The average Bonchev–Trinajstić information content (AvgIpc) is 3.02. The van der Waals surface area contributed by atoms with Gasteiger partial charge in [-0.2, -0.15) is 4.99 Å². The molecule has 1 heterocycles. The monoisotopic (exact) mass is 397 g/mol. The molecule has 0 saturated heterocycles. The number of carbonyl (C=O) groups excluding carboxylic acids is 2. The van der Waals surface area contributed by atoms with E-state index in [1.165, 1.54) is 7.11 Å². The molecule has 28 heavy (non-hydrogen) atoms.